The Kier molecular flexibility index (Phi) is 7.48. The maximum atomic E-state index is 2.57. The van der Waals surface area contributed by atoms with Gasteiger partial charge in [0.1, 0.15) is 0 Å². The van der Waals surface area contributed by atoms with E-state index in [1.54, 1.807) is 0 Å². The summed E-state index contributed by atoms with van der Waals surface area (Å²) in [4.78, 5) is 7.43. The van der Waals surface area contributed by atoms with Gasteiger partial charge in [-0.1, -0.05) is 136 Å². The molecule has 0 bridgehead atoms. The molecule has 8 aromatic carbocycles. The van der Waals surface area contributed by atoms with Gasteiger partial charge < -0.3 is 14.7 Å². The number of hydrogen-bond donors (Lipinski definition) is 0. The van der Waals surface area contributed by atoms with Gasteiger partial charge in [0.25, 0.3) is 6.71 Å². The first-order chi connectivity index (χ1) is 26.5. The molecule has 0 N–H and O–H groups in total. The molecule has 0 aromatic heterocycles. The Hall–Kier alpha value is -6.52. The number of benzene rings is 8. The van der Waals surface area contributed by atoms with Crippen molar-refractivity contribution in [2.45, 2.75) is 26.2 Å². The van der Waals surface area contributed by atoms with Crippen LogP contribution in [0.3, 0.4) is 0 Å². The number of rotatable bonds is 5. The van der Waals surface area contributed by atoms with Crippen molar-refractivity contribution in [2.75, 3.05) is 14.7 Å². The van der Waals surface area contributed by atoms with E-state index in [2.05, 4.69) is 224 Å². The molecule has 0 saturated heterocycles. The molecule has 0 radical (unpaired) electrons. The summed E-state index contributed by atoms with van der Waals surface area (Å²) in [5.41, 5.74) is 15.7. The number of para-hydroxylation sites is 4. The summed E-state index contributed by atoms with van der Waals surface area (Å²) in [6.07, 6.45) is 0. The van der Waals surface area contributed by atoms with E-state index in [0.29, 0.717) is 0 Å². The van der Waals surface area contributed by atoms with Crippen LogP contribution in [0.2, 0.25) is 0 Å². The number of hydrogen-bond acceptors (Lipinski definition) is 3. The minimum atomic E-state index is -0.0929. The Morgan fingerprint density at radius 3 is 1.69 bits per heavy atom. The van der Waals surface area contributed by atoms with Gasteiger partial charge in [0.15, 0.2) is 0 Å². The molecule has 10 rings (SSSR count). The molecule has 4 heteroatoms. The lowest BCUT2D eigenvalue weighted by Crippen LogP contribution is -2.61. The maximum absolute atomic E-state index is 2.57. The monoisotopic (exact) mass is 693 g/mol. The van der Waals surface area contributed by atoms with Gasteiger partial charge in [-0.3, -0.25) is 0 Å². The van der Waals surface area contributed by atoms with E-state index in [9.17, 15) is 0 Å². The molecule has 0 saturated carbocycles. The van der Waals surface area contributed by atoms with Crippen LogP contribution in [-0.4, -0.2) is 6.71 Å². The van der Waals surface area contributed by atoms with Crippen molar-refractivity contribution in [3.05, 3.63) is 194 Å². The first-order valence-corrected chi connectivity index (χ1v) is 18.9. The maximum Gasteiger partial charge on any atom is 0.252 e. The van der Waals surface area contributed by atoms with E-state index in [0.717, 1.165) is 22.7 Å². The zero-order valence-electron chi connectivity index (χ0n) is 30.8. The highest BCUT2D eigenvalue weighted by molar-refractivity contribution is 7.00. The highest BCUT2D eigenvalue weighted by atomic mass is 15.2. The highest BCUT2D eigenvalue weighted by Crippen LogP contribution is 2.48. The number of nitrogens with zero attached hydrogens (tertiary/aromatic N) is 3. The van der Waals surface area contributed by atoms with E-state index in [-0.39, 0.29) is 12.1 Å². The molecule has 2 heterocycles. The van der Waals surface area contributed by atoms with Crippen molar-refractivity contribution in [3.8, 4) is 0 Å². The second kappa shape index (κ2) is 12.6. The van der Waals surface area contributed by atoms with Crippen molar-refractivity contribution in [1.82, 2.24) is 0 Å². The Morgan fingerprint density at radius 2 is 0.981 bits per heavy atom. The Balaban J connectivity index is 1.32. The third kappa shape index (κ3) is 5.13. The highest BCUT2D eigenvalue weighted by Gasteiger charge is 2.44. The third-order valence-corrected chi connectivity index (χ3v) is 11.1. The summed E-state index contributed by atoms with van der Waals surface area (Å²) >= 11 is 0. The predicted molar refractivity (Wildman–Crippen MR) is 231 cm³/mol. The Labute approximate surface area is 318 Å². The average Bonchev–Trinajstić information content (AvgIpc) is 3.21. The second-order valence-corrected chi connectivity index (χ2v) is 15.4. The van der Waals surface area contributed by atoms with Crippen LogP contribution in [0.15, 0.2) is 188 Å². The molecule has 258 valence electrons. The standard InChI is InChI=1S/C50H40BN3/c1-50(2,3)36-32-47-49-48(33-36)54(44-29-17-19-35-18-13-14-26-41(35)44)46-34-40(52(37-20-7-4-8-21-37)38-22-9-5-10-23-38)30-31-43(46)51(49)42-27-15-16-28-45(42)53(47)39-24-11-6-12-25-39/h4-34H,1-3H3. The van der Waals surface area contributed by atoms with Gasteiger partial charge in [-0.05, 0) is 106 Å². The quantitative estimate of drug-likeness (QED) is 0.166. The summed E-state index contributed by atoms with van der Waals surface area (Å²) in [6, 6.07) is 68.9. The van der Waals surface area contributed by atoms with Gasteiger partial charge in [-0.2, -0.15) is 0 Å². The lowest BCUT2D eigenvalue weighted by molar-refractivity contribution is 0.590. The van der Waals surface area contributed by atoms with Crippen LogP contribution in [0.5, 0.6) is 0 Å². The molecule has 0 fully saturated rings. The zero-order valence-corrected chi connectivity index (χ0v) is 30.8. The summed E-state index contributed by atoms with van der Waals surface area (Å²) < 4.78 is 0. The van der Waals surface area contributed by atoms with Gasteiger partial charge in [0.05, 0.1) is 5.69 Å². The first-order valence-electron chi connectivity index (χ1n) is 18.9. The van der Waals surface area contributed by atoms with E-state index >= 15 is 0 Å². The molecule has 2 aliphatic heterocycles. The molecule has 0 unspecified atom stereocenters. The Bertz CT molecular complexity index is 2620. The van der Waals surface area contributed by atoms with Crippen LogP contribution in [0.4, 0.5) is 51.2 Å². The lowest BCUT2D eigenvalue weighted by Gasteiger charge is -2.45. The molecule has 0 atom stereocenters. The topological polar surface area (TPSA) is 9.72 Å². The van der Waals surface area contributed by atoms with Crippen LogP contribution in [0.1, 0.15) is 26.3 Å². The fourth-order valence-electron chi connectivity index (χ4n) is 8.62. The van der Waals surface area contributed by atoms with Crippen molar-refractivity contribution < 1.29 is 0 Å². The second-order valence-electron chi connectivity index (χ2n) is 15.4. The van der Waals surface area contributed by atoms with Crippen LogP contribution in [0.25, 0.3) is 10.8 Å². The van der Waals surface area contributed by atoms with Gasteiger partial charge in [-0.15, -0.1) is 0 Å². The van der Waals surface area contributed by atoms with E-state index in [1.165, 1.54) is 61.2 Å². The Morgan fingerprint density at radius 1 is 0.426 bits per heavy atom. The molecular formula is C50H40BN3. The smallest absolute Gasteiger partial charge is 0.252 e. The van der Waals surface area contributed by atoms with Crippen molar-refractivity contribution in [2.24, 2.45) is 0 Å². The van der Waals surface area contributed by atoms with E-state index < -0.39 is 0 Å². The molecule has 0 spiro atoms. The van der Waals surface area contributed by atoms with Gasteiger partial charge >= 0.3 is 0 Å². The third-order valence-electron chi connectivity index (χ3n) is 11.1. The van der Waals surface area contributed by atoms with Crippen LogP contribution >= 0.6 is 0 Å². The minimum absolute atomic E-state index is 0.0392. The number of fused-ring (bicyclic) bond motifs is 5. The molecule has 54 heavy (non-hydrogen) atoms. The molecule has 0 aliphatic carbocycles. The summed E-state index contributed by atoms with van der Waals surface area (Å²) in [5, 5.41) is 2.45. The molecule has 2 aliphatic rings. The van der Waals surface area contributed by atoms with Gasteiger partial charge in [0.2, 0.25) is 0 Å². The van der Waals surface area contributed by atoms with Crippen molar-refractivity contribution in [3.63, 3.8) is 0 Å². The zero-order chi connectivity index (χ0) is 36.4. The molecular weight excluding hydrogens is 653 g/mol. The van der Waals surface area contributed by atoms with Crippen LogP contribution in [-0.2, 0) is 5.41 Å². The van der Waals surface area contributed by atoms with E-state index in [4.69, 9.17) is 0 Å². The summed E-state index contributed by atoms with van der Waals surface area (Å²) in [7, 11) is 0. The summed E-state index contributed by atoms with van der Waals surface area (Å²) in [6.45, 7) is 7.03. The molecule has 0 amide bonds. The molecule has 3 nitrogen and oxygen atoms in total. The minimum Gasteiger partial charge on any atom is -0.311 e. The number of anilines is 9. The fraction of sp³-hybridized carbons (Fsp3) is 0.0800. The average molecular weight is 694 g/mol. The lowest BCUT2D eigenvalue weighted by atomic mass is 9.33. The van der Waals surface area contributed by atoms with Crippen molar-refractivity contribution >= 4 is 85.1 Å². The SMILES string of the molecule is CC(C)(C)c1cc2c3c(c1)N(c1cccc4ccccc14)c1cc(N(c4ccccc4)c4ccccc4)ccc1B3c1ccccc1N2c1ccccc1. The molecule has 8 aromatic rings. The van der Waals surface area contributed by atoms with Crippen LogP contribution < -0.4 is 31.1 Å². The van der Waals surface area contributed by atoms with Crippen LogP contribution in [0, 0.1) is 0 Å². The predicted octanol–water partition coefficient (Wildman–Crippen LogP) is 11.7. The van der Waals surface area contributed by atoms with Crippen molar-refractivity contribution in [1.29, 1.82) is 0 Å². The van der Waals surface area contributed by atoms with Gasteiger partial charge in [-0.25, -0.2) is 0 Å². The fourth-order valence-corrected chi connectivity index (χ4v) is 8.62. The largest absolute Gasteiger partial charge is 0.311 e. The van der Waals surface area contributed by atoms with E-state index in [1.807, 2.05) is 0 Å². The first kappa shape index (κ1) is 32.2. The van der Waals surface area contributed by atoms with Gasteiger partial charge in [0, 0.05) is 50.9 Å². The normalized spacial score (nSPS) is 13.0. The summed E-state index contributed by atoms with van der Waals surface area (Å²) in [5.74, 6) is 0.